The Hall–Kier alpha value is -1.94. The van der Waals surface area contributed by atoms with Crippen LogP contribution in [0.2, 0.25) is 0 Å². The van der Waals surface area contributed by atoms with Crippen LogP contribution < -0.4 is 0 Å². The number of alkyl halides is 1. The van der Waals surface area contributed by atoms with Crippen molar-refractivity contribution in [3.05, 3.63) is 59.4 Å². The van der Waals surface area contributed by atoms with E-state index in [-0.39, 0.29) is 5.69 Å². The van der Waals surface area contributed by atoms with E-state index in [0.29, 0.717) is 5.82 Å². The molecule has 0 saturated heterocycles. The largest absolute Gasteiger partial charge is 0.292 e. The Kier molecular flexibility index (Phi) is 3.41. The Labute approximate surface area is 126 Å². The van der Waals surface area contributed by atoms with Crippen molar-refractivity contribution in [2.75, 3.05) is 0 Å². The first kappa shape index (κ1) is 14.0. The smallest absolute Gasteiger partial charge is 0.150 e. The van der Waals surface area contributed by atoms with Crippen molar-refractivity contribution in [2.24, 2.45) is 0 Å². The molecule has 1 atom stereocenters. The standard InChI is InChI=1S/C16H13ClF2N2/c1-9-4-3-5-14-15(9)20-16(10(2)17)21(14)13-7-6-11(18)8-12(13)19/h3-8,10H,1-2H3. The van der Waals surface area contributed by atoms with Gasteiger partial charge >= 0.3 is 0 Å². The van der Waals surface area contributed by atoms with Gasteiger partial charge in [-0.25, -0.2) is 13.8 Å². The molecule has 0 fully saturated rings. The number of para-hydroxylation sites is 1. The Morgan fingerprint density at radius 3 is 2.62 bits per heavy atom. The van der Waals surface area contributed by atoms with E-state index in [1.54, 1.807) is 11.5 Å². The molecular formula is C16H13ClF2N2. The molecule has 0 spiro atoms. The minimum atomic E-state index is -0.644. The molecule has 2 nitrogen and oxygen atoms in total. The zero-order valence-electron chi connectivity index (χ0n) is 11.6. The molecule has 21 heavy (non-hydrogen) atoms. The van der Waals surface area contributed by atoms with Gasteiger partial charge < -0.3 is 0 Å². The van der Waals surface area contributed by atoms with Gasteiger partial charge in [0.25, 0.3) is 0 Å². The second-order valence-corrected chi connectivity index (χ2v) is 5.61. The van der Waals surface area contributed by atoms with Crippen LogP contribution in [0.3, 0.4) is 0 Å². The number of rotatable bonds is 2. The van der Waals surface area contributed by atoms with Crippen molar-refractivity contribution >= 4 is 22.6 Å². The molecule has 0 saturated carbocycles. The van der Waals surface area contributed by atoms with Crippen LogP contribution in [0, 0.1) is 18.6 Å². The predicted octanol–water partition coefficient (Wildman–Crippen LogP) is 4.91. The third kappa shape index (κ3) is 2.29. The van der Waals surface area contributed by atoms with Crippen LogP contribution in [0.1, 0.15) is 23.7 Å². The van der Waals surface area contributed by atoms with Crippen molar-refractivity contribution in [1.29, 1.82) is 0 Å². The monoisotopic (exact) mass is 306 g/mol. The minimum Gasteiger partial charge on any atom is -0.292 e. The average molecular weight is 307 g/mol. The highest BCUT2D eigenvalue weighted by Gasteiger charge is 2.19. The van der Waals surface area contributed by atoms with E-state index >= 15 is 0 Å². The second-order valence-electron chi connectivity index (χ2n) is 4.96. The molecule has 5 heteroatoms. The van der Waals surface area contributed by atoms with Crippen molar-refractivity contribution in [1.82, 2.24) is 9.55 Å². The molecule has 1 heterocycles. The van der Waals surface area contributed by atoms with Crippen LogP contribution in [-0.4, -0.2) is 9.55 Å². The van der Waals surface area contributed by atoms with Gasteiger partial charge in [-0.1, -0.05) is 12.1 Å². The maximum Gasteiger partial charge on any atom is 0.150 e. The van der Waals surface area contributed by atoms with E-state index < -0.39 is 17.0 Å². The summed E-state index contributed by atoms with van der Waals surface area (Å²) in [5.41, 5.74) is 2.74. The van der Waals surface area contributed by atoms with Gasteiger partial charge in [0.15, 0.2) is 0 Å². The Morgan fingerprint density at radius 2 is 1.95 bits per heavy atom. The van der Waals surface area contributed by atoms with Crippen molar-refractivity contribution in [3.8, 4) is 5.69 Å². The first-order valence-corrected chi connectivity index (χ1v) is 7.00. The van der Waals surface area contributed by atoms with Gasteiger partial charge in [0, 0.05) is 6.07 Å². The predicted molar refractivity (Wildman–Crippen MR) is 80.0 cm³/mol. The highest BCUT2D eigenvalue weighted by Crippen LogP contribution is 2.30. The van der Waals surface area contributed by atoms with Gasteiger partial charge in [0.05, 0.1) is 22.1 Å². The molecule has 1 aromatic heterocycles. The molecule has 0 aliphatic carbocycles. The van der Waals surface area contributed by atoms with E-state index in [0.717, 1.165) is 22.7 Å². The lowest BCUT2D eigenvalue weighted by molar-refractivity contribution is 0.577. The summed E-state index contributed by atoms with van der Waals surface area (Å²) in [5.74, 6) is -0.724. The number of imidazole rings is 1. The molecule has 0 N–H and O–H groups in total. The summed E-state index contributed by atoms with van der Waals surface area (Å²) < 4.78 is 28.9. The fourth-order valence-corrected chi connectivity index (χ4v) is 2.59. The van der Waals surface area contributed by atoms with Crippen molar-refractivity contribution < 1.29 is 8.78 Å². The number of fused-ring (bicyclic) bond motifs is 1. The molecule has 2 aromatic carbocycles. The Bertz CT molecular complexity index is 825. The summed E-state index contributed by atoms with van der Waals surface area (Å²) in [7, 11) is 0. The lowest BCUT2D eigenvalue weighted by atomic mass is 10.2. The van der Waals surface area contributed by atoms with Gasteiger partial charge in [0.2, 0.25) is 0 Å². The summed E-state index contributed by atoms with van der Waals surface area (Å²) in [6, 6.07) is 9.14. The molecule has 0 radical (unpaired) electrons. The molecule has 108 valence electrons. The maximum absolute atomic E-state index is 14.2. The van der Waals surface area contributed by atoms with Gasteiger partial charge in [-0.2, -0.15) is 0 Å². The highest BCUT2D eigenvalue weighted by atomic mass is 35.5. The summed E-state index contributed by atoms with van der Waals surface area (Å²) in [4.78, 5) is 4.52. The molecule has 0 aliphatic rings. The van der Waals surface area contributed by atoms with Crippen LogP contribution in [0.25, 0.3) is 16.7 Å². The van der Waals surface area contributed by atoms with Crippen LogP contribution in [-0.2, 0) is 0 Å². The first-order chi connectivity index (χ1) is 9.99. The Balaban J connectivity index is 2.39. The van der Waals surface area contributed by atoms with Crippen LogP contribution in [0.15, 0.2) is 36.4 Å². The number of aryl methyl sites for hydroxylation is 1. The van der Waals surface area contributed by atoms with E-state index in [9.17, 15) is 8.78 Å². The quantitative estimate of drug-likeness (QED) is 0.615. The summed E-state index contributed by atoms with van der Waals surface area (Å²) in [5, 5.41) is -0.402. The van der Waals surface area contributed by atoms with Crippen molar-refractivity contribution in [3.63, 3.8) is 0 Å². The van der Waals surface area contributed by atoms with Gasteiger partial charge in [0.1, 0.15) is 17.5 Å². The summed E-state index contributed by atoms with van der Waals surface area (Å²) in [6.45, 7) is 3.71. The number of benzene rings is 2. The number of nitrogens with zero attached hydrogens (tertiary/aromatic N) is 2. The van der Waals surface area contributed by atoms with Crippen LogP contribution in [0.5, 0.6) is 0 Å². The summed E-state index contributed by atoms with van der Waals surface area (Å²) in [6.07, 6.45) is 0. The molecule has 0 aliphatic heterocycles. The Morgan fingerprint density at radius 1 is 1.19 bits per heavy atom. The lowest BCUT2D eigenvalue weighted by Gasteiger charge is -2.11. The van der Waals surface area contributed by atoms with E-state index in [1.165, 1.54) is 12.1 Å². The third-order valence-electron chi connectivity index (χ3n) is 3.42. The molecule has 3 rings (SSSR count). The molecule has 0 bridgehead atoms. The van der Waals surface area contributed by atoms with Gasteiger partial charge in [-0.15, -0.1) is 11.6 Å². The number of halogens is 3. The van der Waals surface area contributed by atoms with E-state index in [1.807, 2.05) is 25.1 Å². The number of hydrogen-bond donors (Lipinski definition) is 0. The average Bonchev–Trinajstić information content (AvgIpc) is 2.80. The normalized spacial score (nSPS) is 12.8. The zero-order valence-corrected chi connectivity index (χ0v) is 12.3. The topological polar surface area (TPSA) is 17.8 Å². The number of aromatic nitrogens is 2. The molecule has 1 unspecified atom stereocenters. The lowest BCUT2D eigenvalue weighted by Crippen LogP contribution is -2.04. The van der Waals surface area contributed by atoms with E-state index in [2.05, 4.69) is 4.98 Å². The third-order valence-corrected chi connectivity index (χ3v) is 3.61. The van der Waals surface area contributed by atoms with Crippen LogP contribution in [0.4, 0.5) is 8.78 Å². The van der Waals surface area contributed by atoms with Gasteiger partial charge in [-0.05, 0) is 37.6 Å². The van der Waals surface area contributed by atoms with Crippen LogP contribution >= 0.6 is 11.6 Å². The highest BCUT2D eigenvalue weighted by molar-refractivity contribution is 6.20. The summed E-state index contributed by atoms with van der Waals surface area (Å²) >= 11 is 6.19. The fraction of sp³-hybridized carbons (Fsp3) is 0.188. The fourth-order valence-electron chi connectivity index (χ4n) is 2.44. The second kappa shape index (κ2) is 5.11. The molecule has 0 amide bonds. The maximum atomic E-state index is 14.2. The minimum absolute atomic E-state index is 0.243. The van der Waals surface area contributed by atoms with Gasteiger partial charge in [-0.3, -0.25) is 4.57 Å². The zero-order chi connectivity index (χ0) is 15.1. The van der Waals surface area contributed by atoms with E-state index in [4.69, 9.17) is 11.6 Å². The molecular weight excluding hydrogens is 294 g/mol. The number of hydrogen-bond acceptors (Lipinski definition) is 1. The first-order valence-electron chi connectivity index (χ1n) is 6.56. The molecule has 3 aromatic rings. The van der Waals surface area contributed by atoms with Crippen molar-refractivity contribution in [2.45, 2.75) is 19.2 Å². The SMILES string of the molecule is Cc1cccc2c1nc(C(C)Cl)n2-c1ccc(F)cc1F.